The zero-order chi connectivity index (χ0) is 12.4. The molecule has 3 nitrogen and oxygen atoms in total. The Morgan fingerprint density at radius 3 is 2.82 bits per heavy atom. The number of benzene rings is 1. The molecule has 2 aromatic rings. The number of nitrogens with two attached hydrogens (primary N) is 1. The van der Waals surface area contributed by atoms with Crippen LogP contribution in [0.25, 0.3) is 0 Å². The highest BCUT2D eigenvalue weighted by molar-refractivity contribution is 9.10. The van der Waals surface area contributed by atoms with Crippen molar-refractivity contribution in [2.24, 2.45) is 0 Å². The van der Waals surface area contributed by atoms with Gasteiger partial charge in [0.25, 0.3) is 5.56 Å². The van der Waals surface area contributed by atoms with Gasteiger partial charge in [-0.2, -0.15) is 0 Å². The summed E-state index contributed by atoms with van der Waals surface area (Å²) in [5.74, 6) is 0. The van der Waals surface area contributed by atoms with Gasteiger partial charge in [-0.05, 0) is 30.7 Å². The molecule has 0 spiro atoms. The fraction of sp³-hybridized carbons (Fsp3) is 0.154. The second kappa shape index (κ2) is 4.75. The van der Waals surface area contributed by atoms with Crippen molar-refractivity contribution in [1.29, 1.82) is 0 Å². The molecule has 0 unspecified atom stereocenters. The van der Waals surface area contributed by atoms with Crippen molar-refractivity contribution >= 4 is 21.6 Å². The van der Waals surface area contributed by atoms with Crippen LogP contribution in [0.1, 0.15) is 11.1 Å². The average Bonchev–Trinajstić information content (AvgIpc) is 2.28. The number of anilines is 1. The summed E-state index contributed by atoms with van der Waals surface area (Å²) in [4.78, 5) is 11.9. The summed E-state index contributed by atoms with van der Waals surface area (Å²) in [5, 5.41) is 0. The SMILES string of the molecule is Cc1cccn(Cc2ccc(N)cc2Br)c1=O. The summed E-state index contributed by atoms with van der Waals surface area (Å²) in [5.41, 5.74) is 8.20. The van der Waals surface area contributed by atoms with Crippen LogP contribution in [0.4, 0.5) is 5.69 Å². The highest BCUT2D eigenvalue weighted by atomic mass is 79.9. The van der Waals surface area contributed by atoms with Crippen molar-refractivity contribution in [2.45, 2.75) is 13.5 Å². The van der Waals surface area contributed by atoms with Gasteiger partial charge in [0, 0.05) is 21.9 Å². The van der Waals surface area contributed by atoms with Gasteiger partial charge in [0.1, 0.15) is 0 Å². The molecule has 0 saturated heterocycles. The van der Waals surface area contributed by atoms with Gasteiger partial charge in [-0.3, -0.25) is 4.79 Å². The predicted molar refractivity (Wildman–Crippen MR) is 73.1 cm³/mol. The van der Waals surface area contributed by atoms with Crippen LogP contribution in [0, 0.1) is 6.92 Å². The number of rotatable bonds is 2. The van der Waals surface area contributed by atoms with Gasteiger partial charge in [-0.1, -0.05) is 28.1 Å². The Morgan fingerprint density at radius 1 is 1.35 bits per heavy atom. The Bertz CT molecular complexity index is 605. The lowest BCUT2D eigenvalue weighted by Gasteiger charge is -2.09. The second-order valence-electron chi connectivity index (χ2n) is 3.98. The van der Waals surface area contributed by atoms with Crippen LogP contribution in [-0.2, 0) is 6.54 Å². The predicted octanol–water partition coefficient (Wildman–Crippen LogP) is 2.55. The van der Waals surface area contributed by atoms with E-state index in [9.17, 15) is 4.79 Å². The topological polar surface area (TPSA) is 48.0 Å². The molecule has 1 aromatic carbocycles. The molecule has 0 fully saturated rings. The van der Waals surface area contributed by atoms with E-state index in [0.717, 1.165) is 15.6 Å². The summed E-state index contributed by atoms with van der Waals surface area (Å²) in [6.07, 6.45) is 1.79. The van der Waals surface area contributed by atoms with Crippen molar-refractivity contribution < 1.29 is 0 Å². The molecule has 0 aliphatic rings. The number of aromatic nitrogens is 1. The average molecular weight is 293 g/mol. The van der Waals surface area contributed by atoms with Gasteiger partial charge < -0.3 is 10.3 Å². The molecule has 17 heavy (non-hydrogen) atoms. The first-order chi connectivity index (χ1) is 8.08. The maximum absolute atomic E-state index is 11.9. The molecule has 0 aliphatic heterocycles. The highest BCUT2D eigenvalue weighted by Gasteiger charge is 2.03. The molecule has 0 atom stereocenters. The van der Waals surface area contributed by atoms with Crippen molar-refractivity contribution in [3.63, 3.8) is 0 Å². The summed E-state index contributed by atoms with van der Waals surface area (Å²) >= 11 is 3.45. The smallest absolute Gasteiger partial charge is 0.253 e. The fourth-order valence-corrected chi connectivity index (χ4v) is 2.18. The number of hydrogen-bond acceptors (Lipinski definition) is 2. The minimum Gasteiger partial charge on any atom is -0.399 e. The third-order valence-corrected chi connectivity index (χ3v) is 3.37. The molecule has 1 heterocycles. The van der Waals surface area contributed by atoms with E-state index < -0.39 is 0 Å². The Kier molecular flexibility index (Phi) is 3.33. The van der Waals surface area contributed by atoms with E-state index in [4.69, 9.17) is 5.73 Å². The van der Waals surface area contributed by atoms with Gasteiger partial charge in [-0.15, -0.1) is 0 Å². The maximum atomic E-state index is 11.9. The van der Waals surface area contributed by atoms with Crippen LogP contribution in [0.3, 0.4) is 0 Å². The van der Waals surface area contributed by atoms with E-state index in [-0.39, 0.29) is 5.56 Å². The second-order valence-corrected chi connectivity index (χ2v) is 4.83. The number of pyridine rings is 1. The first-order valence-electron chi connectivity index (χ1n) is 5.28. The monoisotopic (exact) mass is 292 g/mol. The first-order valence-corrected chi connectivity index (χ1v) is 6.07. The van der Waals surface area contributed by atoms with E-state index in [2.05, 4.69) is 15.9 Å². The highest BCUT2D eigenvalue weighted by Crippen LogP contribution is 2.20. The van der Waals surface area contributed by atoms with Crippen LogP contribution in [0.15, 0.2) is 45.8 Å². The van der Waals surface area contributed by atoms with Gasteiger partial charge in [0.05, 0.1) is 6.54 Å². The molecule has 0 radical (unpaired) electrons. The molecular weight excluding hydrogens is 280 g/mol. The van der Waals surface area contributed by atoms with Crippen molar-refractivity contribution in [1.82, 2.24) is 4.57 Å². The number of nitrogens with zero attached hydrogens (tertiary/aromatic N) is 1. The Morgan fingerprint density at radius 2 is 2.12 bits per heavy atom. The van der Waals surface area contributed by atoms with E-state index >= 15 is 0 Å². The Balaban J connectivity index is 2.38. The number of aryl methyl sites for hydroxylation is 1. The van der Waals surface area contributed by atoms with E-state index in [1.807, 2.05) is 37.3 Å². The molecule has 0 aliphatic carbocycles. The van der Waals surface area contributed by atoms with Gasteiger partial charge >= 0.3 is 0 Å². The summed E-state index contributed by atoms with van der Waals surface area (Å²) in [7, 11) is 0. The van der Waals surface area contributed by atoms with Crippen LogP contribution < -0.4 is 11.3 Å². The van der Waals surface area contributed by atoms with Crippen molar-refractivity contribution in [2.75, 3.05) is 5.73 Å². The fourth-order valence-electron chi connectivity index (χ4n) is 1.66. The lowest BCUT2D eigenvalue weighted by molar-refractivity contribution is 0.750. The quantitative estimate of drug-likeness (QED) is 0.865. The lowest BCUT2D eigenvalue weighted by Crippen LogP contribution is -2.21. The van der Waals surface area contributed by atoms with E-state index in [0.29, 0.717) is 12.2 Å². The van der Waals surface area contributed by atoms with Crippen molar-refractivity contribution in [3.8, 4) is 0 Å². The van der Waals surface area contributed by atoms with Gasteiger partial charge in [0.2, 0.25) is 0 Å². The van der Waals surface area contributed by atoms with Crippen LogP contribution in [0.5, 0.6) is 0 Å². The Hall–Kier alpha value is -1.55. The summed E-state index contributed by atoms with van der Waals surface area (Å²) < 4.78 is 2.61. The molecule has 88 valence electrons. The molecular formula is C13H13BrN2O. The third-order valence-electron chi connectivity index (χ3n) is 2.63. The standard InChI is InChI=1S/C13H13BrN2O/c1-9-3-2-6-16(13(9)17)8-10-4-5-11(15)7-12(10)14/h2-7H,8,15H2,1H3. The third kappa shape index (κ3) is 2.58. The van der Waals surface area contributed by atoms with E-state index in [1.54, 1.807) is 10.8 Å². The minimum absolute atomic E-state index is 0.0382. The van der Waals surface area contributed by atoms with Crippen LogP contribution in [0.2, 0.25) is 0 Å². The zero-order valence-electron chi connectivity index (χ0n) is 9.48. The van der Waals surface area contributed by atoms with Crippen LogP contribution >= 0.6 is 15.9 Å². The summed E-state index contributed by atoms with van der Waals surface area (Å²) in [6.45, 7) is 2.36. The maximum Gasteiger partial charge on any atom is 0.253 e. The van der Waals surface area contributed by atoms with Crippen molar-refractivity contribution in [3.05, 3.63) is 62.5 Å². The molecule has 2 N–H and O–H groups in total. The molecule has 1 aromatic heterocycles. The molecule has 4 heteroatoms. The number of halogens is 1. The molecule has 2 rings (SSSR count). The zero-order valence-corrected chi connectivity index (χ0v) is 11.1. The van der Waals surface area contributed by atoms with Gasteiger partial charge in [0.15, 0.2) is 0 Å². The number of nitrogen functional groups attached to an aromatic ring is 1. The van der Waals surface area contributed by atoms with Crippen LogP contribution in [-0.4, -0.2) is 4.57 Å². The normalized spacial score (nSPS) is 10.5. The number of hydrogen-bond donors (Lipinski definition) is 1. The summed E-state index contributed by atoms with van der Waals surface area (Å²) in [6, 6.07) is 9.30. The molecule has 0 saturated carbocycles. The van der Waals surface area contributed by atoms with Gasteiger partial charge in [-0.25, -0.2) is 0 Å². The molecule has 0 bridgehead atoms. The Labute approximate surface area is 108 Å². The van der Waals surface area contributed by atoms with E-state index in [1.165, 1.54) is 0 Å². The largest absolute Gasteiger partial charge is 0.399 e. The minimum atomic E-state index is 0.0382. The lowest BCUT2D eigenvalue weighted by atomic mass is 10.2. The molecule has 0 amide bonds. The first kappa shape index (κ1) is 11.9.